The highest BCUT2D eigenvalue weighted by Crippen LogP contribution is 2.09. The minimum Gasteiger partial charge on any atom is -0.389 e. The van der Waals surface area contributed by atoms with Gasteiger partial charge in [0.2, 0.25) is 0 Å². The third-order valence-corrected chi connectivity index (χ3v) is 4.79. The topological polar surface area (TPSA) is 66.4 Å². The molecule has 0 aromatic rings. The summed E-state index contributed by atoms with van der Waals surface area (Å²) in [6.45, 7) is 7.98. The fourth-order valence-corrected chi connectivity index (χ4v) is 2.34. The van der Waals surface area contributed by atoms with E-state index in [1.807, 2.05) is 6.92 Å². The lowest BCUT2D eigenvalue weighted by Crippen LogP contribution is -2.39. The van der Waals surface area contributed by atoms with Crippen LogP contribution in [0.3, 0.4) is 0 Å². The van der Waals surface area contributed by atoms with Gasteiger partial charge in [0.25, 0.3) is 0 Å². The zero-order valence-electron chi connectivity index (χ0n) is 10.8. The molecule has 5 heteroatoms. The quantitative estimate of drug-likeness (QED) is 0.630. The number of nitrogens with one attached hydrogen (secondary N) is 1. The minimum atomic E-state index is -2.97. The van der Waals surface area contributed by atoms with Crippen LogP contribution in [-0.4, -0.2) is 43.2 Å². The summed E-state index contributed by atoms with van der Waals surface area (Å²) in [5.74, 6) is 0.132. The van der Waals surface area contributed by atoms with E-state index in [-0.39, 0.29) is 11.0 Å². The van der Waals surface area contributed by atoms with Crippen molar-refractivity contribution in [2.24, 2.45) is 0 Å². The average molecular weight is 251 g/mol. The van der Waals surface area contributed by atoms with Gasteiger partial charge in [0, 0.05) is 13.1 Å². The van der Waals surface area contributed by atoms with Crippen molar-refractivity contribution in [2.75, 3.05) is 18.8 Å². The molecule has 98 valence electrons. The average Bonchev–Trinajstić information content (AvgIpc) is 2.12. The van der Waals surface area contributed by atoms with Crippen LogP contribution in [0.15, 0.2) is 0 Å². The molecule has 0 heterocycles. The zero-order chi connectivity index (χ0) is 12.8. The van der Waals surface area contributed by atoms with Crippen molar-refractivity contribution in [3.63, 3.8) is 0 Å². The Hall–Kier alpha value is -0.130. The monoisotopic (exact) mass is 251 g/mol. The molecule has 0 aliphatic rings. The molecule has 4 nitrogen and oxygen atoms in total. The fraction of sp³-hybridized carbons (Fsp3) is 1.00. The van der Waals surface area contributed by atoms with Crippen LogP contribution in [0.2, 0.25) is 0 Å². The van der Waals surface area contributed by atoms with Crippen LogP contribution < -0.4 is 5.32 Å². The van der Waals surface area contributed by atoms with Gasteiger partial charge < -0.3 is 10.4 Å². The van der Waals surface area contributed by atoms with E-state index in [0.29, 0.717) is 13.1 Å². The summed E-state index contributed by atoms with van der Waals surface area (Å²) in [7, 11) is -2.97. The van der Waals surface area contributed by atoms with E-state index in [1.54, 1.807) is 20.8 Å². The Morgan fingerprint density at radius 2 is 1.94 bits per heavy atom. The molecule has 0 aliphatic carbocycles. The molecule has 0 bridgehead atoms. The van der Waals surface area contributed by atoms with Crippen molar-refractivity contribution in [2.45, 2.75) is 51.4 Å². The first-order valence-electron chi connectivity index (χ1n) is 5.86. The van der Waals surface area contributed by atoms with Crippen LogP contribution in [0, 0.1) is 0 Å². The van der Waals surface area contributed by atoms with E-state index >= 15 is 0 Å². The molecule has 0 saturated heterocycles. The van der Waals surface area contributed by atoms with Crippen molar-refractivity contribution in [1.29, 1.82) is 0 Å². The predicted octanol–water partition coefficient (Wildman–Crippen LogP) is 0.950. The largest absolute Gasteiger partial charge is 0.389 e. The smallest absolute Gasteiger partial charge is 0.153 e. The highest BCUT2D eigenvalue weighted by Gasteiger charge is 2.19. The molecule has 0 aromatic carbocycles. The summed E-state index contributed by atoms with van der Waals surface area (Å²) in [4.78, 5) is 0. The van der Waals surface area contributed by atoms with Gasteiger partial charge in [-0.1, -0.05) is 13.3 Å². The van der Waals surface area contributed by atoms with E-state index in [0.717, 1.165) is 12.8 Å². The molecule has 0 radical (unpaired) electrons. The maximum absolute atomic E-state index is 11.5. The Morgan fingerprint density at radius 1 is 1.38 bits per heavy atom. The van der Waals surface area contributed by atoms with E-state index in [2.05, 4.69) is 5.32 Å². The molecular weight excluding hydrogens is 226 g/mol. The Kier molecular flexibility index (Phi) is 6.51. The van der Waals surface area contributed by atoms with Crippen LogP contribution in [0.5, 0.6) is 0 Å². The second-order valence-corrected chi connectivity index (χ2v) is 7.52. The SMILES string of the molecule is CCCC(C)(O)CNCCS(=O)(=O)C(C)C. The Morgan fingerprint density at radius 3 is 2.38 bits per heavy atom. The molecule has 0 fully saturated rings. The molecule has 0 saturated carbocycles. The number of hydrogen-bond acceptors (Lipinski definition) is 4. The van der Waals surface area contributed by atoms with E-state index in [9.17, 15) is 13.5 Å². The normalized spacial score (nSPS) is 16.4. The van der Waals surface area contributed by atoms with E-state index < -0.39 is 15.4 Å². The lowest BCUT2D eigenvalue weighted by molar-refractivity contribution is 0.0507. The van der Waals surface area contributed by atoms with Crippen LogP contribution >= 0.6 is 0 Å². The number of hydrogen-bond donors (Lipinski definition) is 2. The molecule has 0 aliphatic heterocycles. The third kappa shape index (κ3) is 6.45. The van der Waals surface area contributed by atoms with E-state index in [4.69, 9.17) is 0 Å². The van der Waals surface area contributed by atoms with Crippen LogP contribution in [0.1, 0.15) is 40.5 Å². The van der Waals surface area contributed by atoms with Crippen molar-refractivity contribution in [3.05, 3.63) is 0 Å². The molecule has 0 rings (SSSR count). The number of aliphatic hydroxyl groups is 1. The molecule has 1 atom stereocenters. The second-order valence-electron chi connectivity index (χ2n) is 4.84. The van der Waals surface area contributed by atoms with Gasteiger partial charge in [0.05, 0.1) is 16.6 Å². The Labute approximate surface area is 99.4 Å². The first-order chi connectivity index (χ1) is 7.21. The maximum Gasteiger partial charge on any atom is 0.153 e. The zero-order valence-corrected chi connectivity index (χ0v) is 11.6. The summed E-state index contributed by atoms with van der Waals surface area (Å²) < 4.78 is 23.0. The van der Waals surface area contributed by atoms with Gasteiger partial charge in [-0.2, -0.15) is 0 Å². The van der Waals surface area contributed by atoms with Crippen molar-refractivity contribution in [1.82, 2.24) is 5.32 Å². The molecule has 2 N–H and O–H groups in total. The lowest BCUT2D eigenvalue weighted by atomic mass is 10.0. The van der Waals surface area contributed by atoms with Gasteiger partial charge in [-0.25, -0.2) is 8.42 Å². The Bertz CT molecular complexity index is 284. The first-order valence-corrected chi connectivity index (χ1v) is 7.57. The summed E-state index contributed by atoms with van der Waals surface area (Å²) in [5, 5.41) is 12.5. The van der Waals surface area contributed by atoms with Gasteiger partial charge in [0.15, 0.2) is 9.84 Å². The lowest BCUT2D eigenvalue weighted by Gasteiger charge is -2.23. The third-order valence-electron chi connectivity index (χ3n) is 2.58. The van der Waals surface area contributed by atoms with Crippen molar-refractivity contribution < 1.29 is 13.5 Å². The standard InChI is InChI=1S/C11H25NO3S/c1-5-6-11(4,13)9-12-7-8-16(14,15)10(2)3/h10,12-13H,5-9H2,1-4H3. The van der Waals surface area contributed by atoms with Gasteiger partial charge in [0.1, 0.15) is 0 Å². The Balaban J connectivity index is 3.85. The highest BCUT2D eigenvalue weighted by atomic mass is 32.2. The van der Waals surface area contributed by atoms with Gasteiger partial charge in [-0.05, 0) is 27.2 Å². The van der Waals surface area contributed by atoms with Gasteiger partial charge >= 0.3 is 0 Å². The van der Waals surface area contributed by atoms with Crippen molar-refractivity contribution in [3.8, 4) is 0 Å². The fourth-order valence-electron chi connectivity index (χ4n) is 1.43. The second kappa shape index (κ2) is 6.57. The summed E-state index contributed by atoms with van der Waals surface area (Å²) >= 11 is 0. The summed E-state index contributed by atoms with van der Waals surface area (Å²) in [5.41, 5.74) is -0.740. The molecule has 0 spiro atoms. The van der Waals surface area contributed by atoms with Crippen LogP contribution in [0.25, 0.3) is 0 Å². The molecule has 0 aromatic heterocycles. The molecule has 16 heavy (non-hydrogen) atoms. The first kappa shape index (κ1) is 15.9. The van der Waals surface area contributed by atoms with Crippen LogP contribution in [-0.2, 0) is 9.84 Å². The van der Waals surface area contributed by atoms with Gasteiger partial charge in [-0.3, -0.25) is 0 Å². The molecule has 1 unspecified atom stereocenters. The van der Waals surface area contributed by atoms with Crippen LogP contribution in [0.4, 0.5) is 0 Å². The minimum absolute atomic E-state index is 0.132. The summed E-state index contributed by atoms with van der Waals surface area (Å²) in [6, 6.07) is 0. The van der Waals surface area contributed by atoms with Crippen molar-refractivity contribution >= 4 is 9.84 Å². The molecular formula is C11H25NO3S. The van der Waals surface area contributed by atoms with Gasteiger partial charge in [-0.15, -0.1) is 0 Å². The summed E-state index contributed by atoms with van der Waals surface area (Å²) in [6.07, 6.45) is 1.63. The predicted molar refractivity (Wildman–Crippen MR) is 67.3 cm³/mol. The number of sulfone groups is 1. The maximum atomic E-state index is 11.5. The molecule has 0 amide bonds. The highest BCUT2D eigenvalue weighted by molar-refractivity contribution is 7.92. The van der Waals surface area contributed by atoms with E-state index in [1.165, 1.54) is 0 Å². The number of rotatable bonds is 8.